The SMILES string of the molecule is CCCOc1ccc(C(=O)OOC(C)C)cc1. The lowest BCUT2D eigenvalue weighted by atomic mass is 10.2. The van der Waals surface area contributed by atoms with Crippen LogP contribution in [0.4, 0.5) is 0 Å². The van der Waals surface area contributed by atoms with E-state index in [9.17, 15) is 4.79 Å². The Morgan fingerprint density at radius 1 is 1.24 bits per heavy atom. The summed E-state index contributed by atoms with van der Waals surface area (Å²) in [6, 6.07) is 6.78. The fourth-order valence-electron chi connectivity index (χ4n) is 1.10. The average molecular weight is 238 g/mol. The molecule has 0 bridgehead atoms. The summed E-state index contributed by atoms with van der Waals surface area (Å²) in [4.78, 5) is 20.9. The van der Waals surface area contributed by atoms with Gasteiger partial charge < -0.3 is 4.74 Å². The molecule has 0 aliphatic heterocycles. The predicted octanol–water partition coefficient (Wildman–Crippen LogP) is 2.97. The van der Waals surface area contributed by atoms with Gasteiger partial charge in [-0.2, -0.15) is 4.89 Å². The maximum absolute atomic E-state index is 11.5. The van der Waals surface area contributed by atoms with Gasteiger partial charge in [-0.3, -0.25) is 4.89 Å². The van der Waals surface area contributed by atoms with Gasteiger partial charge in [0.2, 0.25) is 0 Å². The molecule has 94 valence electrons. The fourth-order valence-corrected chi connectivity index (χ4v) is 1.10. The van der Waals surface area contributed by atoms with Crippen molar-refractivity contribution in [3.8, 4) is 5.75 Å². The minimum absolute atomic E-state index is 0.147. The Hall–Kier alpha value is -1.55. The summed E-state index contributed by atoms with van der Waals surface area (Å²) in [5, 5.41) is 0. The van der Waals surface area contributed by atoms with Crippen LogP contribution >= 0.6 is 0 Å². The summed E-state index contributed by atoms with van der Waals surface area (Å²) in [7, 11) is 0. The summed E-state index contributed by atoms with van der Waals surface area (Å²) in [5.74, 6) is 0.244. The third kappa shape index (κ3) is 4.87. The van der Waals surface area contributed by atoms with Gasteiger partial charge in [-0.15, -0.1) is 0 Å². The first-order valence-electron chi connectivity index (χ1n) is 5.74. The lowest BCUT2D eigenvalue weighted by molar-refractivity contribution is -0.265. The normalized spacial score (nSPS) is 10.4. The first kappa shape index (κ1) is 13.5. The van der Waals surface area contributed by atoms with Gasteiger partial charge in [0.05, 0.1) is 18.3 Å². The number of carbonyl (C=O) groups excluding carboxylic acids is 1. The maximum atomic E-state index is 11.5. The second-order valence-electron chi connectivity index (χ2n) is 3.89. The van der Waals surface area contributed by atoms with Gasteiger partial charge in [-0.25, -0.2) is 4.79 Å². The summed E-state index contributed by atoms with van der Waals surface area (Å²) in [6.07, 6.45) is 0.803. The molecule has 17 heavy (non-hydrogen) atoms. The highest BCUT2D eigenvalue weighted by atomic mass is 17.2. The molecule has 0 atom stereocenters. The highest BCUT2D eigenvalue weighted by Gasteiger charge is 2.09. The van der Waals surface area contributed by atoms with Gasteiger partial charge in [0.25, 0.3) is 0 Å². The number of ether oxygens (including phenoxy) is 1. The van der Waals surface area contributed by atoms with Crippen LogP contribution in [-0.4, -0.2) is 18.7 Å². The highest BCUT2D eigenvalue weighted by molar-refractivity contribution is 5.89. The number of hydrogen-bond acceptors (Lipinski definition) is 4. The van der Waals surface area contributed by atoms with Crippen LogP contribution in [-0.2, 0) is 9.78 Å². The Kier molecular flexibility index (Phi) is 5.49. The monoisotopic (exact) mass is 238 g/mol. The smallest absolute Gasteiger partial charge is 0.373 e. The van der Waals surface area contributed by atoms with Crippen LogP contribution in [0.5, 0.6) is 5.75 Å². The first-order valence-corrected chi connectivity index (χ1v) is 5.74. The van der Waals surface area contributed by atoms with E-state index in [-0.39, 0.29) is 6.10 Å². The molecule has 0 aliphatic carbocycles. The zero-order valence-electron chi connectivity index (χ0n) is 10.4. The summed E-state index contributed by atoms with van der Waals surface area (Å²) in [5.41, 5.74) is 0.439. The Balaban J connectivity index is 2.51. The van der Waals surface area contributed by atoms with Crippen molar-refractivity contribution in [2.24, 2.45) is 0 Å². The van der Waals surface area contributed by atoms with Crippen molar-refractivity contribution in [3.05, 3.63) is 29.8 Å². The fraction of sp³-hybridized carbons (Fsp3) is 0.462. The second-order valence-corrected chi connectivity index (χ2v) is 3.89. The van der Waals surface area contributed by atoms with E-state index in [1.165, 1.54) is 0 Å². The molecule has 1 aromatic rings. The molecule has 0 saturated heterocycles. The Labute approximate surface area is 101 Å². The molecule has 0 unspecified atom stereocenters. The van der Waals surface area contributed by atoms with Gasteiger partial charge in [0, 0.05) is 0 Å². The number of rotatable bonds is 6. The molecule has 0 saturated carbocycles. The van der Waals surface area contributed by atoms with E-state index < -0.39 is 5.97 Å². The van der Waals surface area contributed by atoms with E-state index in [2.05, 4.69) is 4.89 Å². The molecule has 4 heteroatoms. The first-order chi connectivity index (χ1) is 8.13. The molecule has 0 aliphatic rings. The summed E-state index contributed by atoms with van der Waals surface area (Å²) < 4.78 is 5.40. The molecule has 4 nitrogen and oxygen atoms in total. The molecule has 1 rings (SSSR count). The molecule has 0 fully saturated rings. The molecule has 0 aromatic heterocycles. The van der Waals surface area contributed by atoms with Gasteiger partial charge >= 0.3 is 5.97 Å². The Morgan fingerprint density at radius 3 is 2.41 bits per heavy atom. The van der Waals surface area contributed by atoms with Crippen LogP contribution in [0, 0.1) is 0 Å². The van der Waals surface area contributed by atoms with Crippen molar-refractivity contribution >= 4 is 5.97 Å². The van der Waals surface area contributed by atoms with Crippen LogP contribution in [0.25, 0.3) is 0 Å². The van der Waals surface area contributed by atoms with Crippen molar-refractivity contribution < 1.29 is 19.3 Å². The van der Waals surface area contributed by atoms with Gasteiger partial charge in [-0.1, -0.05) is 6.92 Å². The Morgan fingerprint density at radius 2 is 1.88 bits per heavy atom. The maximum Gasteiger partial charge on any atom is 0.373 e. The second kappa shape index (κ2) is 6.91. The molecular formula is C13H18O4. The van der Waals surface area contributed by atoms with Gasteiger partial charge in [-0.05, 0) is 44.5 Å². The minimum atomic E-state index is -0.499. The van der Waals surface area contributed by atoms with Crippen LogP contribution in [0.1, 0.15) is 37.6 Å². The van der Waals surface area contributed by atoms with Crippen molar-refractivity contribution in [3.63, 3.8) is 0 Å². The largest absolute Gasteiger partial charge is 0.494 e. The zero-order chi connectivity index (χ0) is 12.7. The molecule has 0 heterocycles. The minimum Gasteiger partial charge on any atom is -0.494 e. The lowest BCUT2D eigenvalue weighted by Crippen LogP contribution is -2.10. The van der Waals surface area contributed by atoms with E-state index in [0.29, 0.717) is 12.2 Å². The quantitative estimate of drug-likeness (QED) is 0.564. The van der Waals surface area contributed by atoms with E-state index in [1.807, 2.05) is 6.92 Å². The van der Waals surface area contributed by atoms with Crippen LogP contribution in [0.15, 0.2) is 24.3 Å². The number of carbonyl (C=O) groups is 1. The molecule has 0 spiro atoms. The predicted molar refractivity (Wildman–Crippen MR) is 63.9 cm³/mol. The van der Waals surface area contributed by atoms with E-state index >= 15 is 0 Å². The summed E-state index contributed by atoms with van der Waals surface area (Å²) in [6.45, 7) is 6.28. The van der Waals surface area contributed by atoms with Gasteiger partial charge in [0.1, 0.15) is 5.75 Å². The van der Waals surface area contributed by atoms with Crippen LogP contribution in [0.3, 0.4) is 0 Å². The molecule has 1 aromatic carbocycles. The van der Waals surface area contributed by atoms with Crippen LogP contribution < -0.4 is 4.74 Å². The molecule has 0 N–H and O–H groups in total. The third-order valence-electron chi connectivity index (χ3n) is 1.88. The van der Waals surface area contributed by atoms with Crippen molar-refractivity contribution in [1.82, 2.24) is 0 Å². The molecule has 0 amide bonds. The van der Waals surface area contributed by atoms with E-state index in [0.717, 1.165) is 12.2 Å². The van der Waals surface area contributed by atoms with Crippen molar-refractivity contribution in [2.45, 2.75) is 33.3 Å². The third-order valence-corrected chi connectivity index (χ3v) is 1.88. The van der Waals surface area contributed by atoms with Crippen LogP contribution in [0.2, 0.25) is 0 Å². The lowest BCUT2D eigenvalue weighted by Gasteiger charge is -2.07. The van der Waals surface area contributed by atoms with Crippen molar-refractivity contribution in [1.29, 1.82) is 0 Å². The van der Waals surface area contributed by atoms with Crippen molar-refractivity contribution in [2.75, 3.05) is 6.61 Å². The van der Waals surface area contributed by atoms with E-state index in [4.69, 9.17) is 9.62 Å². The molecular weight excluding hydrogens is 220 g/mol. The van der Waals surface area contributed by atoms with E-state index in [1.54, 1.807) is 38.1 Å². The topological polar surface area (TPSA) is 44.8 Å². The number of benzene rings is 1. The Bertz CT molecular complexity index is 343. The zero-order valence-corrected chi connectivity index (χ0v) is 10.4. The average Bonchev–Trinajstić information content (AvgIpc) is 2.34. The number of hydrogen-bond donors (Lipinski definition) is 0. The molecule has 0 radical (unpaired) electrons. The standard InChI is InChI=1S/C13H18O4/c1-4-9-15-12-7-5-11(6-8-12)13(14)17-16-10(2)3/h5-8,10H,4,9H2,1-3H3. The summed E-state index contributed by atoms with van der Waals surface area (Å²) >= 11 is 0. The highest BCUT2D eigenvalue weighted by Crippen LogP contribution is 2.13. The van der Waals surface area contributed by atoms with Gasteiger partial charge in [0.15, 0.2) is 0 Å².